The maximum absolute atomic E-state index is 14.8. The standard InChI is InChI=1S/C59H85N15O18S3/c1-32(75)49-58(90)73-44-31-95-29-35-21-34(22-36(23-35)91-18-8-3-4-9-19-92-65-27-46(77)74-49)28-94-30-43(50(61)82)72-56(88)42(26-48(80)81)70-52(84)38(14-15-45(60)76)67-54(86)40(24-33-11-6-5-7-12-33)69-55(87)41(25-47(78)79)71-53(85)39(16-20-93-2)68-51(83)37(66-57(44)89)13-10-17-64-59(62)63/h5-7,11-12,21-23,27,32,37-44,49,75H,3-4,8-10,13-20,24-26,28-31H2,1-2H3,(H2,60,76)(H2,61,82)(H,66,89)(H,67,86)(H,68,83)(H,69,87)(H,70,84)(H,71,85)(H,72,88)(H,73,90)(H,74,77)(H,78,79)(H,80,81)(H4,62,63,64)/p-1/b65-27+/t32-,37-,38-,39-,40-,41-,42-,43-,44-,49-/m0/s1. The number of rotatable bonds is 18. The van der Waals surface area contributed by atoms with Gasteiger partial charge < -0.3 is 93.8 Å². The van der Waals surface area contributed by atoms with Gasteiger partial charge in [-0.15, -0.1) is 0 Å². The SMILES string of the molecule is CSCC[C@@H]1NC(=O)[C@H](CCC[NH+]=C(N)N)NC(=O)[C@@H]2CSCc3cc(cc(c3)OCCCCCCO/N=C/C(=O)N[C@@H]([C@H](C)O)C(=O)N2)CSC[C@@H](C(N)=O)NC(=O)[C@H](CC(=O)[O-])NC(=O)[C@H](CCC(N)=O)NC(=O)[C@H](Cc2ccccc2)NC(=O)[C@H](CC(=O)[O-])NC1=O. The van der Waals surface area contributed by atoms with Crippen molar-refractivity contribution < 1.29 is 92.2 Å². The lowest BCUT2D eigenvalue weighted by Gasteiger charge is -2.28. The number of carboxylic acids is 2. The van der Waals surface area contributed by atoms with Crippen LogP contribution in [0.15, 0.2) is 53.7 Å². The van der Waals surface area contributed by atoms with E-state index in [9.17, 15) is 77.6 Å². The number of carboxylic acid groups (broad SMARTS) is 2. The molecule has 95 heavy (non-hydrogen) atoms. The number of nitrogens with zero attached hydrogens (tertiary/aromatic N) is 1. The van der Waals surface area contributed by atoms with Gasteiger partial charge in [-0.3, -0.25) is 69.2 Å². The number of hydrogen-bond donors (Lipinski definition) is 15. The number of oxime groups is 1. The van der Waals surface area contributed by atoms with Gasteiger partial charge in [-0.2, -0.15) is 35.3 Å². The average molecular weight is 1390 g/mol. The van der Waals surface area contributed by atoms with Crippen LogP contribution >= 0.6 is 35.3 Å². The quantitative estimate of drug-likeness (QED) is 0.0374. The number of amides is 11. The molecule has 2 aliphatic heterocycles. The number of carbonyl (C=O) groups excluding carboxylic acids is 13. The number of benzene rings is 2. The van der Waals surface area contributed by atoms with Gasteiger partial charge in [0.15, 0.2) is 0 Å². The van der Waals surface area contributed by atoms with Gasteiger partial charge in [0.05, 0.1) is 19.3 Å². The molecule has 522 valence electrons. The molecule has 2 aromatic rings. The summed E-state index contributed by atoms with van der Waals surface area (Å²) in [6.45, 7) is 1.66. The second kappa shape index (κ2) is 41.7. The molecular weight excluding hydrogens is 1300 g/mol. The lowest BCUT2D eigenvalue weighted by molar-refractivity contribution is -0.459. The van der Waals surface area contributed by atoms with Crippen LogP contribution in [0.2, 0.25) is 0 Å². The Hall–Kier alpha value is -8.90. The van der Waals surface area contributed by atoms with Gasteiger partial charge in [-0.25, -0.2) is 0 Å². The van der Waals surface area contributed by atoms with Crippen LogP contribution in [0.25, 0.3) is 0 Å². The molecule has 0 saturated heterocycles. The number of primary amides is 2. The molecule has 2 aliphatic rings. The van der Waals surface area contributed by atoms with Gasteiger partial charge in [0.2, 0.25) is 59.1 Å². The number of nitrogens with one attached hydrogen (secondary N) is 10. The third-order valence-corrected chi connectivity index (χ3v) is 17.1. The number of fused-ring (bicyclic) bond motifs is 5. The molecule has 0 aliphatic carbocycles. The number of ether oxygens (including phenoxy) is 1. The van der Waals surface area contributed by atoms with E-state index in [1.807, 2.05) is 0 Å². The molecule has 36 heteroatoms. The Morgan fingerprint density at radius 3 is 1.74 bits per heavy atom. The largest absolute Gasteiger partial charge is 0.550 e. The molecule has 4 bridgehead atoms. The number of hydrogen-bond acceptors (Lipinski definition) is 22. The van der Waals surface area contributed by atoms with Crippen molar-refractivity contribution in [1.82, 2.24) is 47.9 Å². The summed E-state index contributed by atoms with van der Waals surface area (Å²) >= 11 is 3.45. The van der Waals surface area contributed by atoms with Gasteiger partial charge >= 0.3 is 5.96 Å². The van der Waals surface area contributed by atoms with E-state index < -0.39 is 163 Å². The molecule has 19 N–H and O–H groups in total. The summed E-state index contributed by atoms with van der Waals surface area (Å²) in [4.78, 5) is 186. The molecule has 2 heterocycles. The molecular formula is C59H84N15O18S3-. The molecule has 0 radical (unpaired) electrons. The average Bonchev–Trinajstić information content (AvgIpc) is 0.951. The molecule has 2 aromatic carbocycles. The van der Waals surface area contributed by atoms with Crippen molar-refractivity contribution in [2.24, 2.45) is 28.1 Å². The summed E-state index contributed by atoms with van der Waals surface area (Å²) in [7, 11) is 0. The molecule has 0 unspecified atom stereocenters. The van der Waals surface area contributed by atoms with E-state index >= 15 is 0 Å². The lowest BCUT2D eigenvalue weighted by Crippen LogP contribution is -2.78. The minimum atomic E-state index is -2.06. The topological polar surface area (TPSA) is 545 Å². The number of guanidine groups is 1. The van der Waals surface area contributed by atoms with Crippen LogP contribution in [-0.4, -0.2) is 198 Å². The highest BCUT2D eigenvalue weighted by Crippen LogP contribution is 2.26. The summed E-state index contributed by atoms with van der Waals surface area (Å²) in [5.74, 6) is -15.6. The zero-order chi connectivity index (χ0) is 70.0. The van der Waals surface area contributed by atoms with E-state index in [0.29, 0.717) is 48.1 Å². The monoisotopic (exact) mass is 1390 g/mol. The van der Waals surface area contributed by atoms with E-state index in [0.717, 1.165) is 29.7 Å². The summed E-state index contributed by atoms with van der Waals surface area (Å²) in [6.07, 6.45) is -0.795. The highest BCUT2D eigenvalue weighted by Gasteiger charge is 2.37. The van der Waals surface area contributed by atoms with Gasteiger partial charge in [-0.05, 0) is 99.1 Å². The van der Waals surface area contributed by atoms with E-state index in [4.69, 9.17) is 32.5 Å². The summed E-state index contributed by atoms with van der Waals surface area (Å²) < 4.78 is 6.20. The minimum absolute atomic E-state index is 0.0553. The van der Waals surface area contributed by atoms with E-state index in [-0.39, 0.29) is 80.2 Å². The van der Waals surface area contributed by atoms with Crippen molar-refractivity contribution in [1.29, 1.82) is 0 Å². The molecule has 33 nitrogen and oxygen atoms in total. The lowest BCUT2D eigenvalue weighted by atomic mass is 10.0. The Bertz CT molecular complexity index is 3050. The number of aliphatic hydroxyl groups is 1. The molecule has 4 rings (SSSR count). The third-order valence-electron chi connectivity index (χ3n) is 14.2. The minimum Gasteiger partial charge on any atom is -0.550 e. The first-order chi connectivity index (χ1) is 45.2. The fourth-order valence-corrected chi connectivity index (χ4v) is 11.8. The van der Waals surface area contributed by atoms with Crippen LogP contribution in [0.1, 0.15) is 94.2 Å². The van der Waals surface area contributed by atoms with Gasteiger partial charge in [0, 0.05) is 60.6 Å². The molecule has 10 atom stereocenters. The van der Waals surface area contributed by atoms with Crippen LogP contribution in [0.4, 0.5) is 0 Å². The fraction of sp³-hybridized carbons (Fsp3) is 0.542. The Labute approximate surface area is 560 Å². The second-order valence-electron chi connectivity index (χ2n) is 22.1. The second-order valence-corrected chi connectivity index (χ2v) is 25.2. The van der Waals surface area contributed by atoms with Crippen molar-refractivity contribution in [2.75, 3.05) is 43.3 Å². The Kier molecular flexibility index (Phi) is 34.5. The van der Waals surface area contributed by atoms with Gasteiger partial charge in [0.1, 0.15) is 72.9 Å². The maximum Gasteiger partial charge on any atom is 0.338 e. The predicted octanol–water partition coefficient (Wildman–Crippen LogP) is -7.97. The fourth-order valence-electron chi connectivity index (χ4n) is 9.34. The Morgan fingerprint density at radius 1 is 0.642 bits per heavy atom. The van der Waals surface area contributed by atoms with Crippen molar-refractivity contribution in [3.05, 3.63) is 65.2 Å². The predicted molar refractivity (Wildman–Crippen MR) is 345 cm³/mol. The van der Waals surface area contributed by atoms with E-state index in [1.54, 1.807) is 54.8 Å². The number of nitrogens with two attached hydrogens (primary N) is 4. The third kappa shape index (κ3) is 29.9. The van der Waals surface area contributed by atoms with Crippen molar-refractivity contribution >= 4 is 124 Å². The van der Waals surface area contributed by atoms with E-state index in [1.165, 1.54) is 18.7 Å². The highest BCUT2D eigenvalue weighted by molar-refractivity contribution is 7.99. The van der Waals surface area contributed by atoms with Crippen LogP contribution in [0, 0.1) is 0 Å². The first-order valence-corrected chi connectivity index (χ1v) is 34.0. The van der Waals surface area contributed by atoms with Gasteiger partial charge in [0.25, 0.3) is 5.91 Å². The van der Waals surface area contributed by atoms with Crippen molar-refractivity contribution in [3.8, 4) is 5.75 Å². The van der Waals surface area contributed by atoms with Crippen molar-refractivity contribution in [3.63, 3.8) is 0 Å². The number of carbonyl (C=O) groups is 13. The zero-order valence-corrected chi connectivity index (χ0v) is 54.9. The summed E-state index contributed by atoms with van der Waals surface area (Å²) in [5, 5.41) is 60.8. The zero-order valence-electron chi connectivity index (χ0n) is 52.5. The molecule has 11 amide bonds. The van der Waals surface area contributed by atoms with Crippen LogP contribution in [0.5, 0.6) is 5.75 Å². The Morgan fingerprint density at radius 2 is 1.17 bits per heavy atom. The summed E-state index contributed by atoms with van der Waals surface area (Å²) in [5.41, 5.74) is 24.1. The first kappa shape index (κ1) is 78.5. The van der Waals surface area contributed by atoms with E-state index in [2.05, 4.69) is 58.0 Å². The number of aliphatic hydroxyl groups excluding tert-OH is 1. The Balaban J connectivity index is 1.91. The number of thioether (sulfide) groups is 3. The molecule has 0 aromatic heterocycles. The maximum atomic E-state index is 14.8. The molecule has 0 saturated carbocycles. The normalized spacial score (nSPS) is 24.1. The molecule has 0 spiro atoms. The van der Waals surface area contributed by atoms with Gasteiger partial charge in [-0.1, -0.05) is 41.6 Å². The van der Waals surface area contributed by atoms with Crippen LogP contribution in [0.3, 0.4) is 0 Å². The molecule has 0 fully saturated rings. The first-order valence-electron chi connectivity index (χ1n) is 30.3. The highest BCUT2D eigenvalue weighted by atomic mass is 32.2. The van der Waals surface area contributed by atoms with Crippen LogP contribution < -0.4 is 90.7 Å². The summed E-state index contributed by atoms with van der Waals surface area (Å²) in [6, 6.07) is -2.39. The smallest absolute Gasteiger partial charge is 0.338 e. The van der Waals surface area contributed by atoms with Crippen LogP contribution in [-0.2, 0) is 85.1 Å². The number of aliphatic carboxylic acids is 2. The van der Waals surface area contributed by atoms with Crippen molar-refractivity contribution in [2.45, 2.75) is 156 Å².